The van der Waals surface area contributed by atoms with Crippen LogP contribution in [-0.4, -0.2) is 128 Å². The molecule has 3 fully saturated rings. The van der Waals surface area contributed by atoms with Crippen molar-refractivity contribution in [1.82, 2.24) is 19.6 Å². The number of carboxylic acids is 3. The lowest BCUT2D eigenvalue weighted by molar-refractivity contribution is -0.160. The van der Waals surface area contributed by atoms with Crippen LogP contribution in [0, 0.1) is 6.92 Å². The van der Waals surface area contributed by atoms with Gasteiger partial charge in [0.25, 0.3) is 11.8 Å². The second-order valence-electron chi connectivity index (χ2n) is 29.9. The van der Waals surface area contributed by atoms with E-state index in [2.05, 4.69) is 4.90 Å². The lowest BCUT2D eigenvalue weighted by Crippen LogP contribution is -2.53. The molecule has 113 heavy (non-hydrogen) atoms. The van der Waals surface area contributed by atoms with Crippen LogP contribution in [0.15, 0.2) is 218 Å². The number of aryl methyl sites for hydroxylation is 1. The average molecular weight is 1530 g/mol. The van der Waals surface area contributed by atoms with E-state index in [1.807, 2.05) is 226 Å². The molecular formula is C93H100N4O16. The molecule has 0 bridgehead atoms. The maximum absolute atomic E-state index is 14.3. The van der Waals surface area contributed by atoms with Gasteiger partial charge in [-0.25, -0.2) is 14.4 Å². The highest BCUT2D eigenvalue weighted by Gasteiger charge is 2.45. The number of rotatable bonds is 25. The van der Waals surface area contributed by atoms with Crippen LogP contribution in [0.1, 0.15) is 162 Å². The zero-order chi connectivity index (χ0) is 78.9. The maximum atomic E-state index is 14.3. The number of likely N-dealkylation sites (N-methyl/N-ethyl adjacent to an activating group) is 1. The normalized spacial score (nSPS) is 18.2. The molecule has 15 rings (SSSR count). The minimum atomic E-state index is -1.07. The van der Waals surface area contributed by atoms with Crippen molar-refractivity contribution in [2.75, 3.05) is 21.3 Å². The molecule has 3 aliphatic carbocycles. The lowest BCUT2D eigenvalue weighted by atomic mass is 9.90. The number of methoxy groups -OCH3 is 2. The van der Waals surface area contributed by atoms with Gasteiger partial charge in [0.15, 0.2) is 35.2 Å². The Morgan fingerprint density at radius 1 is 0.407 bits per heavy atom. The average Bonchev–Trinajstić information content (AvgIpc) is 0.877. The second-order valence-corrected chi connectivity index (χ2v) is 29.9. The summed E-state index contributed by atoms with van der Waals surface area (Å²) >= 11 is 0. The molecule has 3 N–H and O–H groups in total. The predicted molar refractivity (Wildman–Crippen MR) is 427 cm³/mol. The third-order valence-electron chi connectivity index (χ3n) is 22.7. The number of carbonyl (C=O) groups excluding carboxylic acids is 3. The molecule has 0 saturated heterocycles. The molecule has 6 aliphatic rings. The maximum Gasteiger partial charge on any atom is 0.326 e. The number of aliphatic carboxylic acids is 3. The van der Waals surface area contributed by atoms with Crippen molar-refractivity contribution in [1.29, 1.82) is 0 Å². The minimum Gasteiger partial charge on any atom is -0.493 e. The van der Waals surface area contributed by atoms with E-state index in [1.54, 1.807) is 25.2 Å². The lowest BCUT2D eigenvalue weighted by Gasteiger charge is -2.40. The summed E-state index contributed by atoms with van der Waals surface area (Å²) in [5.74, 6) is -0.546. The van der Waals surface area contributed by atoms with Gasteiger partial charge in [-0.2, -0.15) is 0 Å². The highest BCUT2D eigenvalue weighted by molar-refractivity contribution is 5.91. The van der Waals surface area contributed by atoms with E-state index >= 15 is 0 Å². The third-order valence-corrected chi connectivity index (χ3v) is 22.7. The Morgan fingerprint density at radius 2 is 0.752 bits per heavy atom. The van der Waals surface area contributed by atoms with Crippen molar-refractivity contribution in [2.45, 2.75) is 191 Å². The number of carboxylic acid groups (broad SMARTS) is 3. The zero-order valence-electron chi connectivity index (χ0n) is 64.6. The summed E-state index contributed by atoms with van der Waals surface area (Å²) in [6.45, 7) is 3.23. The van der Waals surface area contributed by atoms with Gasteiger partial charge in [0.2, 0.25) is 5.91 Å². The van der Waals surface area contributed by atoms with Crippen LogP contribution >= 0.6 is 0 Å². The van der Waals surface area contributed by atoms with Crippen molar-refractivity contribution < 1.29 is 77.2 Å². The van der Waals surface area contributed by atoms with Gasteiger partial charge in [0.1, 0.15) is 48.9 Å². The zero-order valence-corrected chi connectivity index (χ0v) is 64.6. The number of ether oxygens (including phenoxy) is 7. The first-order valence-electron chi connectivity index (χ1n) is 39.4. The third kappa shape index (κ3) is 19.1. The number of fused-ring (bicyclic) bond motifs is 3. The molecule has 6 unspecified atom stereocenters. The monoisotopic (exact) mass is 1530 g/mol. The molecule has 3 aliphatic heterocycles. The van der Waals surface area contributed by atoms with Gasteiger partial charge in [0.05, 0.1) is 26.4 Å². The minimum absolute atomic E-state index is 0.00763. The molecule has 3 heterocycles. The quantitative estimate of drug-likeness (QED) is 0.0482. The van der Waals surface area contributed by atoms with Gasteiger partial charge in [0, 0.05) is 61.6 Å². The Kier molecular flexibility index (Phi) is 26.7. The van der Waals surface area contributed by atoms with Crippen molar-refractivity contribution in [2.24, 2.45) is 0 Å². The van der Waals surface area contributed by atoms with Gasteiger partial charge in [-0.3, -0.25) is 19.3 Å². The molecule has 3 amide bonds. The SMILES string of the molecule is COc1ccc2c(c1OCc1ccccc1)CC(C(=O)O)N(C(=O)C(OC1CCCC1)c1ccccc1)C2.COc1ccc2c(c1Oc1ccccc1)CC(C(=O)O)N(C(=O)C(OC1CCCC1)c1ccccc1)C2.Cc1ccc2c(c1OCc1ccccc1)CC(C(=O)O)N(C(=O)C(c1ccccc1)N(C)C1CCCC1)C2. The standard InChI is InChI=1S/C32H36N2O4.C31H33NO6.C30H31NO6/c1-22-17-18-25-20-34(28(32(36)37)19-27(25)30(22)38-21-23-11-5-3-6-12-23)31(35)29(24-13-7-4-8-14-24)33(2)26-15-9-10-16-26;1-36-27-17-16-23-19-32(30(33)28(22-12-6-3-7-13-22)38-24-14-8-9-15-24)26(31(34)35)18-25(23)29(27)37-20-21-10-4-2-5-11-21;1-35-26-17-16-21-19-31(25(30(33)34)18-24(21)28(26)37-23-12-6-3-7-13-23)29(32)27(20-10-4-2-5-11-20)36-22-14-8-9-15-22/h3-8,11-14,17-18,26,28-29H,9-10,15-16,19-21H2,1-2H3,(H,36,37);2-7,10-13,16-17,24,26,28H,8-9,14-15,18-20H2,1H3,(H,34,35);2-7,10-13,16-17,22,25,27H,8-9,14-15,18-19H2,1H3,(H,33,34). The first kappa shape index (κ1) is 79.8. The number of carbonyl (C=O) groups is 6. The van der Waals surface area contributed by atoms with Crippen molar-refractivity contribution >= 4 is 35.6 Å². The van der Waals surface area contributed by atoms with E-state index < -0.39 is 54.3 Å². The predicted octanol–water partition coefficient (Wildman–Crippen LogP) is 16.4. The van der Waals surface area contributed by atoms with Gasteiger partial charge in [-0.1, -0.05) is 233 Å². The summed E-state index contributed by atoms with van der Waals surface area (Å²) < 4.78 is 42.4. The van der Waals surface area contributed by atoms with Crippen LogP contribution in [-0.2, 0) is 90.4 Å². The highest BCUT2D eigenvalue weighted by Crippen LogP contribution is 2.45. The van der Waals surface area contributed by atoms with Crippen LogP contribution in [0.25, 0.3) is 0 Å². The Balaban J connectivity index is 0.000000148. The number of hydrogen-bond donors (Lipinski definition) is 3. The van der Waals surface area contributed by atoms with E-state index in [9.17, 15) is 44.1 Å². The topological polar surface area (TPSA) is 241 Å². The molecule has 6 atom stereocenters. The molecule has 0 radical (unpaired) electrons. The first-order chi connectivity index (χ1) is 55.0. The Bertz CT molecular complexity index is 4710. The van der Waals surface area contributed by atoms with Gasteiger partial charge >= 0.3 is 17.9 Å². The molecule has 588 valence electrons. The molecule has 0 aromatic heterocycles. The van der Waals surface area contributed by atoms with Gasteiger partial charge in [-0.05, 0) is 127 Å². The second kappa shape index (κ2) is 37.8. The highest BCUT2D eigenvalue weighted by atomic mass is 16.5. The Morgan fingerprint density at radius 3 is 1.17 bits per heavy atom. The molecule has 3 saturated carbocycles. The van der Waals surface area contributed by atoms with Crippen molar-refractivity contribution in [3.05, 3.63) is 285 Å². The van der Waals surface area contributed by atoms with Crippen molar-refractivity contribution in [3.8, 4) is 34.5 Å². The first-order valence-corrected chi connectivity index (χ1v) is 39.4. The van der Waals surface area contributed by atoms with E-state index in [-0.39, 0.29) is 68.8 Å². The largest absolute Gasteiger partial charge is 0.493 e. The summed E-state index contributed by atoms with van der Waals surface area (Å²) in [6.07, 6.45) is 11.0. The van der Waals surface area contributed by atoms with Crippen molar-refractivity contribution in [3.63, 3.8) is 0 Å². The fourth-order valence-electron chi connectivity index (χ4n) is 16.6. The number of para-hydroxylation sites is 1. The number of nitrogens with zero attached hydrogens (tertiary/aromatic N) is 4. The Hall–Kier alpha value is -11.3. The summed E-state index contributed by atoms with van der Waals surface area (Å²) in [7, 11) is 5.13. The summed E-state index contributed by atoms with van der Waals surface area (Å²) in [6, 6.07) is 65.6. The van der Waals surface area contributed by atoms with Crippen LogP contribution in [0.5, 0.6) is 34.5 Å². The fraction of sp³-hybridized carbons (Fsp3) is 0.355. The fourth-order valence-corrected chi connectivity index (χ4v) is 16.6. The molecule has 9 aromatic rings. The van der Waals surface area contributed by atoms with E-state index in [4.69, 9.17) is 33.2 Å². The number of amides is 3. The van der Waals surface area contributed by atoms with Crippen LogP contribution in [0.2, 0.25) is 0 Å². The van der Waals surface area contributed by atoms with Crippen LogP contribution in [0.3, 0.4) is 0 Å². The smallest absolute Gasteiger partial charge is 0.326 e. The van der Waals surface area contributed by atoms with Gasteiger partial charge < -0.3 is 63.2 Å². The summed E-state index contributed by atoms with van der Waals surface area (Å²) in [4.78, 5) is 86.5. The summed E-state index contributed by atoms with van der Waals surface area (Å²) in [5, 5.41) is 30.8. The van der Waals surface area contributed by atoms with E-state index in [0.717, 1.165) is 150 Å². The molecule has 20 heteroatoms. The van der Waals surface area contributed by atoms with Gasteiger partial charge in [-0.15, -0.1) is 0 Å². The van der Waals surface area contributed by atoms with Crippen LogP contribution in [0.4, 0.5) is 0 Å². The molecule has 20 nitrogen and oxygen atoms in total. The Labute approximate surface area is 660 Å². The number of hydrogen-bond acceptors (Lipinski definition) is 14. The molecular weight excluding hydrogens is 1430 g/mol. The summed E-state index contributed by atoms with van der Waals surface area (Å²) in [5.41, 5.74) is 10.4. The van der Waals surface area contributed by atoms with E-state index in [1.165, 1.54) is 9.80 Å². The van der Waals surface area contributed by atoms with E-state index in [0.29, 0.717) is 48.0 Å². The van der Waals surface area contributed by atoms with Crippen LogP contribution < -0.4 is 23.7 Å². The number of benzene rings is 9. The molecule has 0 spiro atoms. The molecule has 9 aromatic carbocycles.